The lowest BCUT2D eigenvalue weighted by Gasteiger charge is -2.19. The third-order valence-corrected chi connectivity index (χ3v) is 5.11. The predicted octanol–water partition coefficient (Wildman–Crippen LogP) is 4.46. The molecule has 0 aliphatic carbocycles. The molecule has 0 saturated carbocycles. The van der Waals surface area contributed by atoms with Gasteiger partial charge in [0.15, 0.2) is 5.76 Å². The Kier molecular flexibility index (Phi) is 4.71. The van der Waals surface area contributed by atoms with Crippen molar-refractivity contribution in [3.05, 3.63) is 98.2 Å². The molecule has 0 radical (unpaired) electrons. The molecule has 6 heteroatoms. The summed E-state index contributed by atoms with van der Waals surface area (Å²) >= 11 is 6.06. The maximum absolute atomic E-state index is 12.3. The molecular weight excluding hydrogens is 378 g/mol. The Bertz CT molecular complexity index is 1210. The highest BCUT2D eigenvalue weighted by atomic mass is 35.5. The van der Waals surface area contributed by atoms with Crippen LogP contribution in [0.25, 0.3) is 10.9 Å². The van der Waals surface area contributed by atoms with Crippen molar-refractivity contribution in [3.8, 4) is 5.75 Å². The number of fused-ring (bicyclic) bond motifs is 1. The first-order valence-electron chi connectivity index (χ1n) is 8.79. The van der Waals surface area contributed by atoms with Crippen LogP contribution < -0.4 is 5.43 Å². The molecule has 2 aromatic heterocycles. The summed E-state index contributed by atoms with van der Waals surface area (Å²) in [6.45, 7) is 1.49. The van der Waals surface area contributed by atoms with Gasteiger partial charge in [0.2, 0.25) is 11.2 Å². The summed E-state index contributed by atoms with van der Waals surface area (Å²) in [5.74, 6) is -0.851. The number of H-pyrrole nitrogens is 1. The molecule has 4 aromatic rings. The molecule has 1 unspecified atom stereocenters. The molecule has 3 N–H and O–H groups in total. The number of aromatic amines is 1. The van der Waals surface area contributed by atoms with Crippen LogP contribution in [0.1, 0.15) is 34.3 Å². The predicted molar refractivity (Wildman–Crippen MR) is 108 cm³/mol. The Morgan fingerprint density at radius 1 is 1.14 bits per heavy atom. The highest BCUT2D eigenvalue weighted by Crippen LogP contribution is 2.41. The number of aryl methyl sites for hydroxylation is 1. The highest BCUT2D eigenvalue weighted by molar-refractivity contribution is 6.30. The lowest BCUT2D eigenvalue weighted by atomic mass is 9.86. The topological polar surface area (TPSA) is 86.5 Å². The van der Waals surface area contributed by atoms with Gasteiger partial charge in [-0.25, -0.2) is 0 Å². The summed E-state index contributed by atoms with van der Waals surface area (Å²) < 4.78 is 5.77. The zero-order valence-corrected chi connectivity index (χ0v) is 15.8. The van der Waals surface area contributed by atoms with Crippen LogP contribution in [-0.4, -0.2) is 15.2 Å². The SMILES string of the molecule is Cc1[nH]c2ccccc2c1C(c1ccc(Cl)cc1)c1oc(CO)cc(=O)c1O. The molecule has 0 bridgehead atoms. The van der Waals surface area contributed by atoms with E-state index in [1.807, 2.05) is 43.3 Å². The Morgan fingerprint density at radius 2 is 1.86 bits per heavy atom. The number of aromatic hydroxyl groups is 1. The molecule has 0 fully saturated rings. The standard InChI is InChI=1S/C22H18ClNO4/c1-12-19(16-4-2-3-5-17(16)24-12)20(13-6-8-14(23)9-7-13)22-21(27)18(26)10-15(11-25)28-22/h2-10,20,24-25,27H,11H2,1H3. The van der Waals surface area contributed by atoms with E-state index in [1.54, 1.807) is 12.1 Å². The van der Waals surface area contributed by atoms with E-state index in [0.717, 1.165) is 33.8 Å². The summed E-state index contributed by atoms with van der Waals surface area (Å²) in [5, 5.41) is 21.6. The first-order valence-corrected chi connectivity index (χ1v) is 9.16. The van der Waals surface area contributed by atoms with Crippen molar-refractivity contribution in [2.75, 3.05) is 0 Å². The van der Waals surface area contributed by atoms with E-state index in [9.17, 15) is 15.0 Å². The summed E-state index contributed by atoms with van der Waals surface area (Å²) in [4.78, 5) is 15.6. The summed E-state index contributed by atoms with van der Waals surface area (Å²) in [6.07, 6.45) is 0. The van der Waals surface area contributed by atoms with E-state index < -0.39 is 23.7 Å². The molecule has 0 aliphatic rings. The molecule has 0 aliphatic heterocycles. The smallest absolute Gasteiger partial charge is 0.227 e. The van der Waals surface area contributed by atoms with Gasteiger partial charge in [0, 0.05) is 27.7 Å². The average Bonchev–Trinajstić information content (AvgIpc) is 3.02. The number of benzene rings is 2. The number of hydrogen-bond acceptors (Lipinski definition) is 4. The van der Waals surface area contributed by atoms with Crippen LogP contribution in [-0.2, 0) is 6.61 Å². The Balaban J connectivity index is 2.06. The third kappa shape index (κ3) is 3.09. The zero-order valence-electron chi connectivity index (χ0n) is 15.1. The molecule has 28 heavy (non-hydrogen) atoms. The molecule has 0 spiro atoms. The van der Waals surface area contributed by atoms with Crippen LogP contribution in [0.3, 0.4) is 0 Å². The first-order chi connectivity index (χ1) is 13.5. The summed E-state index contributed by atoms with van der Waals surface area (Å²) in [6, 6.07) is 16.1. The minimum absolute atomic E-state index is 0.0896. The number of halogens is 1. The molecular formula is C22H18ClNO4. The number of aliphatic hydroxyl groups excluding tert-OH is 1. The fraction of sp³-hybridized carbons (Fsp3) is 0.136. The van der Waals surface area contributed by atoms with E-state index in [-0.39, 0.29) is 11.5 Å². The number of nitrogens with one attached hydrogen (secondary N) is 1. The molecule has 0 amide bonds. The van der Waals surface area contributed by atoms with Crippen LogP contribution in [0.2, 0.25) is 5.02 Å². The van der Waals surface area contributed by atoms with E-state index in [1.165, 1.54) is 0 Å². The lowest BCUT2D eigenvalue weighted by Crippen LogP contribution is -2.11. The number of para-hydroxylation sites is 1. The van der Waals surface area contributed by atoms with E-state index in [0.29, 0.717) is 5.02 Å². The molecule has 2 aromatic carbocycles. The maximum Gasteiger partial charge on any atom is 0.227 e. The van der Waals surface area contributed by atoms with Gasteiger partial charge >= 0.3 is 0 Å². The maximum atomic E-state index is 12.3. The molecule has 1 atom stereocenters. The highest BCUT2D eigenvalue weighted by Gasteiger charge is 2.29. The second-order valence-electron chi connectivity index (χ2n) is 6.64. The zero-order chi connectivity index (χ0) is 19.8. The normalized spacial score (nSPS) is 12.4. The van der Waals surface area contributed by atoms with Gasteiger partial charge in [0.25, 0.3) is 0 Å². The van der Waals surface area contributed by atoms with Crippen molar-refractivity contribution in [2.45, 2.75) is 19.4 Å². The van der Waals surface area contributed by atoms with Crippen molar-refractivity contribution in [1.82, 2.24) is 4.98 Å². The Morgan fingerprint density at radius 3 is 2.57 bits per heavy atom. The molecule has 4 rings (SSSR count). The molecule has 5 nitrogen and oxygen atoms in total. The van der Waals surface area contributed by atoms with Crippen molar-refractivity contribution in [1.29, 1.82) is 0 Å². The minimum Gasteiger partial charge on any atom is -0.502 e. The van der Waals surface area contributed by atoms with Gasteiger partial charge in [-0.15, -0.1) is 0 Å². The second-order valence-corrected chi connectivity index (χ2v) is 7.08. The fourth-order valence-corrected chi connectivity index (χ4v) is 3.73. The van der Waals surface area contributed by atoms with Crippen molar-refractivity contribution >= 4 is 22.5 Å². The third-order valence-electron chi connectivity index (χ3n) is 4.85. The van der Waals surface area contributed by atoms with Crippen molar-refractivity contribution < 1.29 is 14.6 Å². The van der Waals surface area contributed by atoms with Gasteiger partial charge in [-0.3, -0.25) is 4.79 Å². The molecule has 0 saturated heterocycles. The summed E-state index contributed by atoms with van der Waals surface area (Å²) in [5.41, 5.74) is 2.91. The van der Waals surface area contributed by atoms with E-state index in [2.05, 4.69) is 4.98 Å². The first kappa shape index (κ1) is 18.3. The number of rotatable bonds is 4. The fourth-order valence-electron chi connectivity index (χ4n) is 3.60. The van der Waals surface area contributed by atoms with E-state index in [4.69, 9.17) is 16.0 Å². The van der Waals surface area contributed by atoms with Gasteiger partial charge < -0.3 is 19.6 Å². The van der Waals surface area contributed by atoms with Gasteiger partial charge in [-0.2, -0.15) is 0 Å². The van der Waals surface area contributed by atoms with Crippen LogP contribution in [0.4, 0.5) is 0 Å². The minimum atomic E-state index is -0.596. The number of hydrogen-bond donors (Lipinski definition) is 3. The van der Waals surface area contributed by atoms with Crippen molar-refractivity contribution in [2.24, 2.45) is 0 Å². The van der Waals surface area contributed by atoms with Crippen LogP contribution in [0, 0.1) is 6.92 Å². The Hall–Kier alpha value is -3.02. The number of aromatic nitrogens is 1. The lowest BCUT2D eigenvalue weighted by molar-refractivity contribution is 0.235. The van der Waals surface area contributed by atoms with Gasteiger partial charge in [0.05, 0.1) is 5.92 Å². The number of aliphatic hydroxyl groups is 1. The van der Waals surface area contributed by atoms with Gasteiger partial charge in [-0.1, -0.05) is 41.9 Å². The average molecular weight is 396 g/mol. The molecule has 2 heterocycles. The van der Waals surface area contributed by atoms with Gasteiger partial charge in [-0.05, 0) is 36.2 Å². The second kappa shape index (κ2) is 7.19. The van der Waals surface area contributed by atoms with Gasteiger partial charge in [0.1, 0.15) is 12.4 Å². The van der Waals surface area contributed by atoms with Crippen LogP contribution in [0.15, 0.2) is 63.8 Å². The van der Waals surface area contributed by atoms with Crippen LogP contribution in [0.5, 0.6) is 5.75 Å². The summed E-state index contributed by atoms with van der Waals surface area (Å²) in [7, 11) is 0. The molecule has 142 valence electrons. The Labute approximate surface area is 165 Å². The van der Waals surface area contributed by atoms with Crippen molar-refractivity contribution in [3.63, 3.8) is 0 Å². The largest absolute Gasteiger partial charge is 0.502 e. The quantitative estimate of drug-likeness (QED) is 0.476. The van der Waals surface area contributed by atoms with Crippen LogP contribution >= 0.6 is 11.6 Å². The monoisotopic (exact) mass is 395 g/mol. The van der Waals surface area contributed by atoms with E-state index >= 15 is 0 Å².